The first-order chi connectivity index (χ1) is 9.48. The molecule has 0 N–H and O–H groups in total. The first-order valence-electron chi connectivity index (χ1n) is 7.23. The highest BCUT2D eigenvalue weighted by Crippen LogP contribution is 2.51. The van der Waals surface area contributed by atoms with Gasteiger partial charge in [0.15, 0.2) is 11.5 Å². The monoisotopic (exact) mass is 358 g/mol. The fraction of sp³-hybridized carbons (Fsp3) is 0.625. The number of benzene rings is 1. The largest absolute Gasteiger partial charge is 0.490 e. The highest BCUT2D eigenvalue weighted by molar-refractivity contribution is 9.10. The summed E-state index contributed by atoms with van der Waals surface area (Å²) in [6.45, 7) is 5.99. The molecule has 1 aliphatic heterocycles. The average molecular weight is 360 g/mol. The van der Waals surface area contributed by atoms with Crippen LogP contribution in [0.4, 0.5) is 0 Å². The number of ether oxygens (including phenoxy) is 2. The first kappa shape index (κ1) is 14.5. The molecular formula is C16H20BrClO2. The number of hydrogen-bond donors (Lipinski definition) is 0. The highest BCUT2D eigenvalue weighted by Gasteiger charge is 2.33. The van der Waals surface area contributed by atoms with E-state index in [1.165, 1.54) is 5.56 Å². The molecule has 1 aliphatic carbocycles. The topological polar surface area (TPSA) is 18.5 Å². The van der Waals surface area contributed by atoms with Gasteiger partial charge in [-0.25, -0.2) is 0 Å². The maximum atomic E-state index is 6.74. The number of alkyl halides is 1. The molecule has 110 valence electrons. The van der Waals surface area contributed by atoms with Crippen molar-refractivity contribution in [2.24, 2.45) is 5.41 Å². The molecule has 0 amide bonds. The van der Waals surface area contributed by atoms with Crippen LogP contribution in [-0.2, 0) is 6.42 Å². The normalized spacial score (nSPS) is 24.5. The van der Waals surface area contributed by atoms with Crippen LogP contribution in [0, 0.1) is 5.41 Å². The second-order valence-corrected chi connectivity index (χ2v) is 7.85. The molecule has 0 spiro atoms. The van der Waals surface area contributed by atoms with E-state index in [9.17, 15) is 0 Å². The molecule has 0 saturated carbocycles. The van der Waals surface area contributed by atoms with Crippen LogP contribution in [0.25, 0.3) is 0 Å². The third-order valence-electron chi connectivity index (χ3n) is 4.23. The molecule has 0 radical (unpaired) electrons. The number of rotatable bonds is 0. The van der Waals surface area contributed by atoms with E-state index in [4.69, 9.17) is 21.1 Å². The summed E-state index contributed by atoms with van der Waals surface area (Å²) < 4.78 is 12.9. The summed E-state index contributed by atoms with van der Waals surface area (Å²) in [7, 11) is 0. The highest BCUT2D eigenvalue weighted by atomic mass is 79.9. The van der Waals surface area contributed by atoms with E-state index >= 15 is 0 Å². The van der Waals surface area contributed by atoms with Crippen LogP contribution < -0.4 is 9.47 Å². The number of fused-ring (bicyclic) bond motifs is 3. The van der Waals surface area contributed by atoms with Gasteiger partial charge in [0.2, 0.25) is 0 Å². The SMILES string of the molecule is CC1(C)CCc2c(Br)cc3c(c2C(Cl)C1)OCCCO3. The van der Waals surface area contributed by atoms with E-state index in [0.29, 0.717) is 13.2 Å². The lowest BCUT2D eigenvalue weighted by Gasteiger charge is -2.24. The maximum absolute atomic E-state index is 6.74. The van der Waals surface area contributed by atoms with Crippen LogP contribution >= 0.6 is 27.5 Å². The predicted octanol–water partition coefficient (Wildman–Crippen LogP) is 5.25. The minimum Gasteiger partial charge on any atom is -0.490 e. The smallest absolute Gasteiger partial charge is 0.166 e. The molecule has 3 rings (SSSR count). The van der Waals surface area contributed by atoms with Crippen molar-refractivity contribution in [2.45, 2.75) is 44.9 Å². The zero-order chi connectivity index (χ0) is 14.3. The Bertz CT molecular complexity index is 528. The average Bonchev–Trinajstić information content (AvgIpc) is 2.65. The molecule has 2 aliphatic rings. The van der Waals surface area contributed by atoms with Crippen LogP contribution in [0.2, 0.25) is 0 Å². The Labute approximate surface area is 133 Å². The van der Waals surface area contributed by atoms with Crippen molar-refractivity contribution in [2.75, 3.05) is 13.2 Å². The van der Waals surface area contributed by atoms with Crippen molar-refractivity contribution in [3.63, 3.8) is 0 Å². The van der Waals surface area contributed by atoms with Gasteiger partial charge in [-0.2, -0.15) is 0 Å². The minimum absolute atomic E-state index is 0.0181. The van der Waals surface area contributed by atoms with Crippen molar-refractivity contribution in [3.05, 3.63) is 21.7 Å². The molecule has 1 unspecified atom stereocenters. The quantitative estimate of drug-likeness (QED) is 0.465. The minimum atomic E-state index is -0.0181. The molecule has 0 bridgehead atoms. The van der Waals surface area contributed by atoms with Crippen molar-refractivity contribution < 1.29 is 9.47 Å². The third-order valence-corrected chi connectivity index (χ3v) is 5.31. The predicted molar refractivity (Wildman–Crippen MR) is 85.1 cm³/mol. The molecule has 1 heterocycles. The van der Waals surface area contributed by atoms with Crippen molar-refractivity contribution >= 4 is 27.5 Å². The van der Waals surface area contributed by atoms with Gasteiger partial charge in [-0.15, -0.1) is 11.6 Å². The second kappa shape index (κ2) is 5.42. The summed E-state index contributed by atoms with van der Waals surface area (Å²) in [5.74, 6) is 1.71. The van der Waals surface area contributed by atoms with Gasteiger partial charge in [0.1, 0.15) is 0 Å². The van der Waals surface area contributed by atoms with Gasteiger partial charge < -0.3 is 9.47 Å². The van der Waals surface area contributed by atoms with E-state index in [0.717, 1.165) is 47.2 Å². The number of halogens is 2. The van der Waals surface area contributed by atoms with Crippen LogP contribution in [0.15, 0.2) is 10.5 Å². The van der Waals surface area contributed by atoms with Crippen molar-refractivity contribution in [1.82, 2.24) is 0 Å². The van der Waals surface area contributed by atoms with E-state index in [2.05, 4.69) is 29.8 Å². The molecule has 1 aromatic carbocycles. The first-order valence-corrected chi connectivity index (χ1v) is 8.46. The summed E-state index contributed by atoms with van der Waals surface area (Å²) in [5.41, 5.74) is 2.69. The molecule has 2 nitrogen and oxygen atoms in total. The van der Waals surface area contributed by atoms with Crippen LogP contribution in [-0.4, -0.2) is 13.2 Å². The standard InChI is InChI=1S/C16H20BrClO2/c1-16(2)5-4-10-11(17)8-13-15(14(10)12(18)9-16)20-7-3-6-19-13/h8,12H,3-7,9H2,1-2H3. The van der Waals surface area contributed by atoms with Gasteiger partial charge in [-0.05, 0) is 36.3 Å². The Morgan fingerprint density at radius 2 is 2.05 bits per heavy atom. The van der Waals surface area contributed by atoms with Gasteiger partial charge in [-0.1, -0.05) is 29.8 Å². The molecule has 0 fully saturated rings. The van der Waals surface area contributed by atoms with E-state index in [1.54, 1.807) is 0 Å². The lowest BCUT2D eigenvalue weighted by Crippen LogP contribution is -2.12. The van der Waals surface area contributed by atoms with Gasteiger partial charge in [0.05, 0.1) is 18.6 Å². The maximum Gasteiger partial charge on any atom is 0.166 e. The summed E-state index contributed by atoms with van der Waals surface area (Å²) in [5, 5.41) is -0.0181. The zero-order valence-electron chi connectivity index (χ0n) is 12.0. The van der Waals surface area contributed by atoms with Crippen LogP contribution in [0.3, 0.4) is 0 Å². The van der Waals surface area contributed by atoms with Gasteiger partial charge in [-0.3, -0.25) is 0 Å². The van der Waals surface area contributed by atoms with E-state index in [1.807, 2.05) is 6.07 Å². The third kappa shape index (κ3) is 2.67. The van der Waals surface area contributed by atoms with Crippen LogP contribution in [0.5, 0.6) is 11.5 Å². The lowest BCUT2D eigenvalue weighted by molar-refractivity contribution is 0.294. The molecule has 4 heteroatoms. The Hall–Kier alpha value is -0.410. The fourth-order valence-electron chi connectivity index (χ4n) is 3.08. The van der Waals surface area contributed by atoms with E-state index < -0.39 is 0 Å². The molecule has 1 atom stereocenters. The Morgan fingerprint density at radius 1 is 1.30 bits per heavy atom. The fourth-order valence-corrected chi connectivity index (χ4v) is 4.34. The Kier molecular flexibility index (Phi) is 3.93. The molecule has 0 saturated heterocycles. The van der Waals surface area contributed by atoms with Crippen LogP contribution in [0.1, 0.15) is 49.6 Å². The van der Waals surface area contributed by atoms with E-state index in [-0.39, 0.29) is 10.8 Å². The van der Waals surface area contributed by atoms with Crippen molar-refractivity contribution in [3.8, 4) is 11.5 Å². The van der Waals surface area contributed by atoms with Gasteiger partial charge >= 0.3 is 0 Å². The molecular weight excluding hydrogens is 340 g/mol. The lowest BCUT2D eigenvalue weighted by atomic mass is 9.84. The second-order valence-electron chi connectivity index (χ2n) is 6.46. The Morgan fingerprint density at radius 3 is 2.85 bits per heavy atom. The molecule has 1 aromatic rings. The molecule has 0 aromatic heterocycles. The summed E-state index contributed by atoms with van der Waals surface area (Å²) in [4.78, 5) is 0. The van der Waals surface area contributed by atoms with Gasteiger partial charge in [0.25, 0.3) is 0 Å². The zero-order valence-corrected chi connectivity index (χ0v) is 14.3. The summed E-state index contributed by atoms with van der Waals surface area (Å²) in [6.07, 6.45) is 4.05. The molecule has 20 heavy (non-hydrogen) atoms. The summed E-state index contributed by atoms with van der Waals surface area (Å²) in [6, 6.07) is 2.04. The number of hydrogen-bond acceptors (Lipinski definition) is 2. The van der Waals surface area contributed by atoms with Crippen molar-refractivity contribution in [1.29, 1.82) is 0 Å². The van der Waals surface area contributed by atoms with Gasteiger partial charge in [0, 0.05) is 16.5 Å². The Balaban J connectivity index is 2.14. The summed E-state index contributed by atoms with van der Waals surface area (Å²) >= 11 is 10.4.